The number of methoxy groups -OCH3 is 1. The van der Waals surface area contributed by atoms with E-state index in [1.165, 1.54) is 13.2 Å². The Morgan fingerprint density at radius 3 is 2.52 bits per heavy atom. The van der Waals surface area contributed by atoms with Gasteiger partial charge in [0.2, 0.25) is 15.9 Å². The van der Waals surface area contributed by atoms with Crippen molar-refractivity contribution in [3.05, 3.63) is 59.9 Å². The molecule has 0 aromatic heterocycles. The van der Waals surface area contributed by atoms with E-state index in [0.29, 0.717) is 6.54 Å². The smallest absolute Gasteiger partial charge is 0.245 e. The molecule has 2 rings (SSSR count). The van der Waals surface area contributed by atoms with Crippen LogP contribution in [0.25, 0.3) is 0 Å². The summed E-state index contributed by atoms with van der Waals surface area (Å²) in [5, 5.41) is 2.78. The molecule has 0 aliphatic heterocycles. The number of carbonyl (C=O) groups excluding carboxylic acids is 1. The number of halogens is 1. The predicted molar refractivity (Wildman–Crippen MR) is 110 cm³/mol. The molecule has 1 atom stereocenters. The second-order valence-corrected chi connectivity index (χ2v) is 8.34. The quantitative estimate of drug-likeness (QED) is 0.545. The van der Waals surface area contributed by atoms with E-state index in [1.807, 2.05) is 30.3 Å². The maximum Gasteiger partial charge on any atom is 0.245 e. The van der Waals surface area contributed by atoms with Crippen LogP contribution in [-0.4, -0.2) is 34.0 Å². The summed E-state index contributed by atoms with van der Waals surface area (Å²) >= 11 is 0. The van der Waals surface area contributed by atoms with Crippen LogP contribution in [0.1, 0.15) is 31.7 Å². The van der Waals surface area contributed by atoms with E-state index < -0.39 is 27.8 Å². The first-order valence-electron chi connectivity index (χ1n) is 9.55. The molecule has 2 aromatic carbocycles. The van der Waals surface area contributed by atoms with Crippen molar-refractivity contribution >= 4 is 15.9 Å². The van der Waals surface area contributed by atoms with Crippen LogP contribution < -0.4 is 14.8 Å². The van der Waals surface area contributed by atoms with Gasteiger partial charge in [-0.25, -0.2) is 12.8 Å². The molecular weight excluding hydrogens is 395 g/mol. The maximum absolute atomic E-state index is 13.7. The summed E-state index contributed by atoms with van der Waals surface area (Å²) in [4.78, 5) is 12.3. The molecule has 0 saturated carbocycles. The number of sulfonamides is 1. The molecule has 2 aromatic rings. The Labute approximate surface area is 171 Å². The Kier molecular flexibility index (Phi) is 8.60. The van der Waals surface area contributed by atoms with Crippen LogP contribution in [0.3, 0.4) is 0 Å². The fraction of sp³-hybridized carbons (Fsp3) is 0.381. The van der Waals surface area contributed by atoms with E-state index >= 15 is 0 Å². The Morgan fingerprint density at radius 1 is 1.14 bits per heavy atom. The molecule has 0 aliphatic rings. The lowest BCUT2D eigenvalue weighted by molar-refractivity contribution is -0.122. The average molecular weight is 423 g/mol. The summed E-state index contributed by atoms with van der Waals surface area (Å²) in [6, 6.07) is 11.3. The van der Waals surface area contributed by atoms with Crippen molar-refractivity contribution in [2.45, 2.75) is 43.5 Å². The third kappa shape index (κ3) is 6.83. The number of carbonyl (C=O) groups is 1. The Morgan fingerprint density at radius 2 is 1.86 bits per heavy atom. The van der Waals surface area contributed by atoms with Crippen molar-refractivity contribution in [2.75, 3.05) is 13.7 Å². The second kappa shape index (κ2) is 10.9. The van der Waals surface area contributed by atoms with E-state index in [1.54, 1.807) is 0 Å². The van der Waals surface area contributed by atoms with E-state index in [4.69, 9.17) is 4.74 Å². The van der Waals surface area contributed by atoms with Crippen molar-refractivity contribution in [1.29, 1.82) is 0 Å². The monoisotopic (exact) mass is 422 g/mol. The Balaban J connectivity index is 2.25. The van der Waals surface area contributed by atoms with Gasteiger partial charge in [-0.1, -0.05) is 50.1 Å². The number of unbranched alkanes of at least 4 members (excludes halogenated alkanes) is 2. The molecular formula is C21H27FN2O4S. The van der Waals surface area contributed by atoms with E-state index in [0.717, 1.165) is 37.0 Å². The van der Waals surface area contributed by atoms with Crippen LogP contribution in [-0.2, 0) is 21.2 Å². The largest absolute Gasteiger partial charge is 0.495 e. The highest BCUT2D eigenvalue weighted by Gasteiger charge is 2.28. The summed E-state index contributed by atoms with van der Waals surface area (Å²) in [6.45, 7) is 2.52. The first kappa shape index (κ1) is 22.8. The van der Waals surface area contributed by atoms with Crippen LogP contribution in [0.5, 0.6) is 5.75 Å². The molecule has 0 aliphatic carbocycles. The minimum atomic E-state index is -4.20. The third-order valence-electron chi connectivity index (χ3n) is 4.39. The van der Waals surface area contributed by atoms with Gasteiger partial charge >= 0.3 is 0 Å². The van der Waals surface area contributed by atoms with Gasteiger partial charge in [0, 0.05) is 6.54 Å². The number of hydrogen-bond acceptors (Lipinski definition) is 4. The fourth-order valence-electron chi connectivity index (χ4n) is 2.86. The van der Waals surface area contributed by atoms with Crippen LogP contribution in [0, 0.1) is 5.82 Å². The standard InChI is InChI=1S/C21H27FN2O4S/c1-3-4-8-13-23-21(25)18(14-16-9-6-5-7-10-16)24-29(26,27)20-15-17(22)11-12-19(20)28-2/h5-7,9-12,15,18,24H,3-4,8,13-14H2,1-2H3,(H,23,25). The summed E-state index contributed by atoms with van der Waals surface area (Å²) < 4.78 is 47.0. The number of hydrogen-bond donors (Lipinski definition) is 2. The number of amides is 1. The molecule has 1 amide bonds. The third-order valence-corrected chi connectivity index (χ3v) is 5.88. The van der Waals surface area contributed by atoms with Crippen molar-refractivity contribution in [1.82, 2.24) is 10.0 Å². The van der Waals surface area contributed by atoms with Crippen LogP contribution >= 0.6 is 0 Å². The van der Waals surface area contributed by atoms with Gasteiger partial charge in [0.15, 0.2) is 0 Å². The summed E-state index contributed by atoms with van der Waals surface area (Å²) in [6.07, 6.45) is 2.95. The molecule has 0 fully saturated rings. The SMILES string of the molecule is CCCCCNC(=O)C(Cc1ccccc1)NS(=O)(=O)c1cc(F)ccc1OC. The lowest BCUT2D eigenvalue weighted by Gasteiger charge is -2.19. The van der Waals surface area contributed by atoms with Crippen molar-refractivity contribution in [3.63, 3.8) is 0 Å². The lowest BCUT2D eigenvalue weighted by atomic mass is 10.1. The van der Waals surface area contributed by atoms with Gasteiger partial charge in [-0.2, -0.15) is 4.72 Å². The first-order valence-corrected chi connectivity index (χ1v) is 11.0. The molecule has 29 heavy (non-hydrogen) atoms. The van der Waals surface area contributed by atoms with Gasteiger partial charge in [0.1, 0.15) is 22.5 Å². The molecule has 6 nitrogen and oxygen atoms in total. The van der Waals surface area contributed by atoms with Gasteiger partial charge in [-0.3, -0.25) is 4.79 Å². The molecule has 8 heteroatoms. The summed E-state index contributed by atoms with van der Waals surface area (Å²) in [5.41, 5.74) is 0.801. The van der Waals surface area contributed by atoms with Crippen molar-refractivity contribution in [2.24, 2.45) is 0 Å². The highest BCUT2D eigenvalue weighted by molar-refractivity contribution is 7.89. The molecule has 1 unspecified atom stereocenters. The summed E-state index contributed by atoms with van der Waals surface area (Å²) in [7, 11) is -2.90. The van der Waals surface area contributed by atoms with E-state index in [-0.39, 0.29) is 17.1 Å². The number of benzene rings is 2. The molecule has 0 bridgehead atoms. The number of ether oxygens (including phenoxy) is 1. The Hall–Kier alpha value is -2.45. The minimum Gasteiger partial charge on any atom is -0.495 e. The zero-order chi connectivity index (χ0) is 21.3. The number of nitrogens with one attached hydrogen (secondary N) is 2. The average Bonchev–Trinajstić information content (AvgIpc) is 2.71. The first-order chi connectivity index (χ1) is 13.9. The maximum atomic E-state index is 13.7. The molecule has 0 radical (unpaired) electrons. The van der Waals surface area contributed by atoms with Crippen molar-refractivity contribution < 1.29 is 22.3 Å². The normalized spacial score (nSPS) is 12.4. The number of rotatable bonds is 11. The second-order valence-electron chi connectivity index (χ2n) is 6.66. The van der Waals surface area contributed by atoms with Crippen LogP contribution in [0.2, 0.25) is 0 Å². The Bertz CT molecular complexity index is 904. The lowest BCUT2D eigenvalue weighted by Crippen LogP contribution is -2.48. The van der Waals surface area contributed by atoms with Crippen LogP contribution in [0.4, 0.5) is 4.39 Å². The van der Waals surface area contributed by atoms with Gasteiger partial charge < -0.3 is 10.1 Å². The van der Waals surface area contributed by atoms with Crippen molar-refractivity contribution in [3.8, 4) is 5.75 Å². The molecule has 0 spiro atoms. The van der Waals surface area contributed by atoms with Gasteiger partial charge in [0.25, 0.3) is 0 Å². The van der Waals surface area contributed by atoms with E-state index in [2.05, 4.69) is 17.0 Å². The zero-order valence-corrected chi connectivity index (χ0v) is 17.5. The molecule has 0 heterocycles. The topological polar surface area (TPSA) is 84.5 Å². The molecule has 2 N–H and O–H groups in total. The highest BCUT2D eigenvalue weighted by Crippen LogP contribution is 2.24. The summed E-state index contributed by atoms with van der Waals surface area (Å²) in [5.74, 6) is -1.14. The van der Waals surface area contributed by atoms with Gasteiger partial charge in [0.05, 0.1) is 7.11 Å². The van der Waals surface area contributed by atoms with Gasteiger partial charge in [-0.05, 0) is 36.6 Å². The molecule has 0 saturated heterocycles. The van der Waals surface area contributed by atoms with Gasteiger partial charge in [-0.15, -0.1) is 0 Å². The predicted octanol–water partition coefficient (Wildman–Crippen LogP) is 3.03. The fourth-order valence-corrected chi connectivity index (χ4v) is 4.23. The van der Waals surface area contributed by atoms with E-state index in [9.17, 15) is 17.6 Å². The minimum absolute atomic E-state index is 0.000662. The zero-order valence-electron chi connectivity index (χ0n) is 16.7. The molecule has 158 valence electrons. The highest BCUT2D eigenvalue weighted by atomic mass is 32.2. The van der Waals surface area contributed by atoms with Crippen LogP contribution in [0.15, 0.2) is 53.4 Å².